The van der Waals surface area contributed by atoms with Gasteiger partial charge in [0, 0.05) is 44.8 Å². The molecule has 1 aromatic heterocycles. The standard InChI is InChI=1S/C24H29ClFN5O3/c1-13-14(2)30(10-9-29(13)3)23-19-22(34-12-15-11-27-7-8-31(15)24(19)33)20(25)21(28-23)18-16(26)5-4-6-17(18)32/h4-6,13-15,27,32H,7-12H2,1-3H3/t13?,14?,15-/m1/s1. The van der Waals surface area contributed by atoms with Gasteiger partial charge in [-0.25, -0.2) is 9.37 Å². The number of ether oxygens (including phenoxy) is 1. The highest BCUT2D eigenvalue weighted by Gasteiger charge is 2.41. The number of aromatic nitrogens is 1. The lowest BCUT2D eigenvalue weighted by Gasteiger charge is -2.44. The number of fused-ring (bicyclic) bond motifs is 2. The first-order valence-corrected chi connectivity index (χ1v) is 12.0. The fourth-order valence-electron chi connectivity index (χ4n) is 5.08. The van der Waals surface area contributed by atoms with Gasteiger partial charge in [0.1, 0.15) is 40.3 Å². The van der Waals surface area contributed by atoms with Gasteiger partial charge in [0.05, 0.1) is 11.6 Å². The van der Waals surface area contributed by atoms with Crippen LogP contribution in [-0.4, -0.2) is 90.3 Å². The largest absolute Gasteiger partial charge is 0.507 e. The van der Waals surface area contributed by atoms with Crippen molar-refractivity contribution in [1.29, 1.82) is 0 Å². The molecule has 0 radical (unpaired) electrons. The van der Waals surface area contributed by atoms with E-state index < -0.39 is 5.82 Å². The Balaban J connectivity index is 1.75. The Labute approximate surface area is 203 Å². The van der Waals surface area contributed by atoms with Crippen molar-refractivity contribution in [2.24, 2.45) is 0 Å². The molecule has 0 aliphatic carbocycles. The van der Waals surface area contributed by atoms with Crippen LogP contribution in [0.1, 0.15) is 24.2 Å². The number of nitrogens with zero attached hydrogens (tertiary/aromatic N) is 4. The smallest absolute Gasteiger partial charge is 0.261 e. The minimum atomic E-state index is -0.651. The summed E-state index contributed by atoms with van der Waals surface area (Å²) >= 11 is 6.76. The number of phenols is 1. The summed E-state index contributed by atoms with van der Waals surface area (Å²) in [5.41, 5.74) is 0.263. The number of benzene rings is 1. The Morgan fingerprint density at radius 1 is 1.18 bits per heavy atom. The second kappa shape index (κ2) is 8.87. The molecular weight excluding hydrogens is 461 g/mol. The molecule has 0 saturated carbocycles. The van der Waals surface area contributed by atoms with E-state index in [0.29, 0.717) is 37.6 Å². The molecule has 2 aromatic rings. The van der Waals surface area contributed by atoms with Gasteiger partial charge < -0.3 is 25.0 Å². The van der Waals surface area contributed by atoms with E-state index in [1.165, 1.54) is 18.2 Å². The van der Waals surface area contributed by atoms with Crippen LogP contribution in [0.3, 0.4) is 0 Å². The highest BCUT2D eigenvalue weighted by Crippen LogP contribution is 2.46. The second-order valence-corrected chi connectivity index (χ2v) is 9.64. The van der Waals surface area contributed by atoms with Gasteiger partial charge in [0.2, 0.25) is 0 Å². The molecule has 1 amide bonds. The zero-order valence-electron chi connectivity index (χ0n) is 19.5. The van der Waals surface area contributed by atoms with E-state index in [1.807, 2.05) is 4.90 Å². The molecule has 2 N–H and O–H groups in total. The Hall–Kier alpha value is -2.62. The van der Waals surface area contributed by atoms with E-state index in [0.717, 1.165) is 6.54 Å². The maximum atomic E-state index is 14.9. The molecular formula is C24H29ClFN5O3. The lowest BCUT2D eigenvalue weighted by molar-refractivity contribution is 0.0606. The topological polar surface area (TPSA) is 81.2 Å². The number of anilines is 1. The Kier molecular flexibility index (Phi) is 6.03. The number of phenolic OH excluding ortho intramolecular Hbond substituents is 1. The quantitative estimate of drug-likeness (QED) is 0.671. The molecule has 5 rings (SSSR count). The molecule has 8 nitrogen and oxygen atoms in total. The summed E-state index contributed by atoms with van der Waals surface area (Å²) in [5, 5.41) is 13.8. The van der Waals surface area contributed by atoms with Crippen LogP contribution in [0.25, 0.3) is 11.3 Å². The van der Waals surface area contributed by atoms with Crippen molar-refractivity contribution >= 4 is 23.3 Å². The van der Waals surface area contributed by atoms with Crippen LogP contribution in [0, 0.1) is 5.82 Å². The molecule has 2 saturated heterocycles. The third-order valence-corrected chi connectivity index (χ3v) is 7.75. The predicted molar refractivity (Wildman–Crippen MR) is 128 cm³/mol. The van der Waals surface area contributed by atoms with Gasteiger partial charge in [-0.1, -0.05) is 17.7 Å². The maximum Gasteiger partial charge on any atom is 0.261 e. The number of nitrogens with one attached hydrogen (secondary N) is 1. The van der Waals surface area contributed by atoms with Crippen molar-refractivity contribution in [2.75, 3.05) is 51.3 Å². The van der Waals surface area contributed by atoms with Crippen LogP contribution in [0.5, 0.6) is 11.5 Å². The highest BCUT2D eigenvalue weighted by atomic mass is 35.5. The monoisotopic (exact) mass is 489 g/mol. The molecule has 34 heavy (non-hydrogen) atoms. The molecule has 3 aliphatic heterocycles. The summed E-state index contributed by atoms with van der Waals surface area (Å²) in [7, 11) is 2.07. The van der Waals surface area contributed by atoms with Crippen LogP contribution in [0.15, 0.2) is 18.2 Å². The summed E-state index contributed by atoms with van der Waals surface area (Å²) in [5.74, 6) is -0.508. The first-order valence-electron chi connectivity index (χ1n) is 11.6. The average molecular weight is 490 g/mol. The van der Waals surface area contributed by atoms with Crippen LogP contribution < -0.4 is 15.0 Å². The number of pyridine rings is 1. The molecule has 4 heterocycles. The van der Waals surface area contributed by atoms with Crippen molar-refractivity contribution in [2.45, 2.75) is 32.0 Å². The van der Waals surface area contributed by atoms with Crippen LogP contribution in [0.2, 0.25) is 5.02 Å². The number of halogens is 2. The first-order chi connectivity index (χ1) is 16.3. The summed E-state index contributed by atoms with van der Waals surface area (Å²) in [6.45, 7) is 7.72. The van der Waals surface area contributed by atoms with Gasteiger partial charge in [-0.2, -0.15) is 0 Å². The molecule has 1 aromatic carbocycles. The minimum Gasteiger partial charge on any atom is -0.507 e. The van der Waals surface area contributed by atoms with E-state index in [2.05, 4.69) is 36.0 Å². The Morgan fingerprint density at radius 2 is 1.97 bits per heavy atom. The summed E-state index contributed by atoms with van der Waals surface area (Å²) in [6, 6.07) is 4.12. The molecule has 10 heteroatoms. The number of rotatable bonds is 2. The molecule has 3 aliphatic rings. The van der Waals surface area contributed by atoms with Gasteiger partial charge in [-0.3, -0.25) is 9.69 Å². The second-order valence-electron chi connectivity index (χ2n) is 9.26. The van der Waals surface area contributed by atoms with Gasteiger partial charge in [0.15, 0.2) is 5.75 Å². The van der Waals surface area contributed by atoms with Gasteiger partial charge in [-0.15, -0.1) is 0 Å². The van der Waals surface area contributed by atoms with Crippen LogP contribution in [-0.2, 0) is 0 Å². The summed E-state index contributed by atoms with van der Waals surface area (Å²) < 4.78 is 21.1. The number of hydrogen-bond acceptors (Lipinski definition) is 7. The number of carbonyl (C=O) groups is 1. The van der Waals surface area contributed by atoms with E-state index in [9.17, 15) is 14.3 Å². The summed E-state index contributed by atoms with van der Waals surface area (Å²) in [6.07, 6.45) is 0. The van der Waals surface area contributed by atoms with Gasteiger partial charge in [-0.05, 0) is 33.0 Å². The van der Waals surface area contributed by atoms with E-state index in [-0.39, 0.29) is 58.4 Å². The first kappa shape index (κ1) is 23.1. The molecule has 0 spiro atoms. The molecule has 2 fully saturated rings. The van der Waals surface area contributed by atoms with E-state index in [1.54, 1.807) is 0 Å². The number of carbonyl (C=O) groups excluding carboxylic acids is 1. The third-order valence-electron chi connectivity index (χ3n) is 7.40. The molecule has 3 atom stereocenters. The van der Waals surface area contributed by atoms with Crippen molar-refractivity contribution < 1.29 is 19.0 Å². The summed E-state index contributed by atoms with van der Waals surface area (Å²) in [4.78, 5) is 24.8. The predicted octanol–water partition coefficient (Wildman–Crippen LogP) is 2.58. The van der Waals surface area contributed by atoms with Crippen molar-refractivity contribution in [3.05, 3.63) is 34.6 Å². The van der Waals surface area contributed by atoms with E-state index in [4.69, 9.17) is 21.3 Å². The maximum absolute atomic E-state index is 14.9. The lowest BCUT2D eigenvalue weighted by atomic mass is 10.0. The molecule has 182 valence electrons. The average Bonchev–Trinajstić information content (AvgIpc) is 2.97. The Morgan fingerprint density at radius 3 is 2.74 bits per heavy atom. The minimum absolute atomic E-state index is 0.0217. The lowest BCUT2D eigenvalue weighted by Crippen LogP contribution is -2.57. The third kappa shape index (κ3) is 3.66. The van der Waals surface area contributed by atoms with Crippen molar-refractivity contribution in [3.63, 3.8) is 0 Å². The van der Waals surface area contributed by atoms with Crippen LogP contribution in [0.4, 0.5) is 10.2 Å². The zero-order chi connectivity index (χ0) is 24.1. The number of piperazine rings is 2. The van der Waals surface area contributed by atoms with Gasteiger partial charge >= 0.3 is 0 Å². The number of likely N-dealkylation sites (N-methyl/N-ethyl adjacent to an activating group) is 1. The number of amides is 1. The van der Waals surface area contributed by atoms with E-state index >= 15 is 0 Å². The fraction of sp³-hybridized carbons (Fsp3) is 0.500. The fourth-order valence-corrected chi connectivity index (χ4v) is 5.37. The van der Waals surface area contributed by atoms with Gasteiger partial charge in [0.25, 0.3) is 5.91 Å². The SMILES string of the molecule is CC1C(C)N(c2nc(-c3c(O)cccc3F)c(Cl)c3c2C(=O)N2CCNC[C@@H]2CO3)CCN1C. The highest BCUT2D eigenvalue weighted by molar-refractivity contribution is 6.35. The zero-order valence-corrected chi connectivity index (χ0v) is 20.3. The normalized spacial score (nSPS) is 25.4. The number of hydrogen-bond donors (Lipinski definition) is 2. The van der Waals surface area contributed by atoms with Crippen LogP contribution >= 0.6 is 11.6 Å². The number of aromatic hydroxyl groups is 1. The molecule has 2 unspecified atom stereocenters. The molecule has 0 bridgehead atoms. The van der Waals surface area contributed by atoms with Crippen molar-refractivity contribution in [3.8, 4) is 22.8 Å². The Bertz CT molecular complexity index is 1110. The van der Waals surface area contributed by atoms with Crippen molar-refractivity contribution in [1.82, 2.24) is 20.1 Å².